The largest absolute Gasteiger partial charge is 0.342 e. The molecule has 0 radical (unpaired) electrons. The molecule has 168 valence electrons. The van der Waals surface area contributed by atoms with Gasteiger partial charge in [0.15, 0.2) is 11.0 Å². The third-order valence-corrected chi connectivity index (χ3v) is 6.07. The number of carbonyl (C=O) groups excluding carboxylic acids is 2. The van der Waals surface area contributed by atoms with E-state index in [0.717, 1.165) is 5.56 Å². The van der Waals surface area contributed by atoms with E-state index in [0.29, 0.717) is 38.8 Å². The fraction of sp³-hybridized carbons (Fsp3) is 0.273. The van der Waals surface area contributed by atoms with Gasteiger partial charge in [0.1, 0.15) is 0 Å². The van der Waals surface area contributed by atoms with Crippen molar-refractivity contribution < 1.29 is 9.59 Å². The number of anilines is 1. The van der Waals surface area contributed by atoms with Gasteiger partial charge in [0, 0.05) is 27.8 Å². The van der Waals surface area contributed by atoms with Crippen molar-refractivity contribution in [2.75, 3.05) is 11.1 Å². The molecule has 3 aromatic rings. The number of aromatic nitrogens is 3. The van der Waals surface area contributed by atoms with Gasteiger partial charge in [-0.25, -0.2) is 0 Å². The number of aryl methyl sites for hydroxylation is 1. The number of amides is 2. The van der Waals surface area contributed by atoms with Crippen LogP contribution in [-0.4, -0.2) is 32.3 Å². The number of nitrogens with zero attached hydrogens (tertiary/aromatic N) is 3. The molecular weight excluding hydrogens is 469 g/mol. The van der Waals surface area contributed by atoms with Crippen LogP contribution in [0.3, 0.4) is 0 Å². The average Bonchev–Trinajstić information content (AvgIpc) is 3.14. The van der Waals surface area contributed by atoms with Crippen LogP contribution >= 0.6 is 35.0 Å². The average molecular weight is 492 g/mol. The molecule has 0 unspecified atom stereocenters. The number of hydrogen-bond acceptors (Lipinski definition) is 5. The van der Waals surface area contributed by atoms with E-state index in [2.05, 4.69) is 20.8 Å². The normalized spacial score (nSPS) is 11.8. The minimum Gasteiger partial charge on any atom is -0.342 e. The van der Waals surface area contributed by atoms with Gasteiger partial charge in [-0.2, -0.15) is 0 Å². The first-order chi connectivity index (χ1) is 15.3. The predicted octanol–water partition coefficient (Wildman–Crippen LogP) is 5.14. The van der Waals surface area contributed by atoms with Crippen LogP contribution in [0, 0.1) is 6.92 Å². The summed E-state index contributed by atoms with van der Waals surface area (Å²) >= 11 is 13.2. The highest BCUT2D eigenvalue weighted by Gasteiger charge is 2.20. The first-order valence-electron chi connectivity index (χ1n) is 9.96. The number of nitrogens with one attached hydrogen (secondary N) is 2. The zero-order chi connectivity index (χ0) is 23.3. The fourth-order valence-corrected chi connectivity index (χ4v) is 4.48. The summed E-state index contributed by atoms with van der Waals surface area (Å²) in [5, 5.41) is 15.7. The lowest BCUT2D eigenvalue weighted by Crippen LogP contribution is -2.29. The van der Waals surface area contributed by atoms with Gasteiger partial charge in [0.05, 0.1) is 11.8 Å². The molecule has 0 aliphatic carbocycles. The number of halogens is 2. The highest BCUT2D eigenvalue weighted by atomic mass is 35.5. The van der Waals surface area contributed by atoms with Crippen LogP contribution in [0.25, 0.3) is 0 Å². The monoisotopic (exact) mass is 491 g/mol. The second-order valence-corrected chi connectivity index (χ2v) is 8.91. The third-order valence-electron chi connectivity index (χ3n) is 4.66. The summed E-state index contributed by atoms with van der Waals surface area (Å²) < 4.78 is 1.89. The summed E-state index contributed by atoms with van der Waals surface area (Å²) in [7, 11) is 0. The number of thioether (sulfide) groups is 1. The highest BCUT2D eigenvalue weighted by Crippen LogP contribution is 2.24. The summed E-state index contributed by atoms with van der Waals surface area (Å²) in [6.07, 6.45) is 0. The molecule has 0 bridgehead atoms. The smallest absolute Gasteiger partial charge is 0.252 e. The van der Waals surface area contributed by atoms with Crippen LogP contribution in [0.2, 0.25) is 10.0 Å². The number of benzene rings is 2. The van der Waals surface area contributed by atoms with E-state index in [1.807, 2.05) is 43.5 Å². The van der Waals surface area contributed by atoms with Crippen molar-refractivity contribution in [3.05, 3.63) is 69.5 Å². The molecule has 2 N–H and O–H groups in total. The van der Waals surface area contributed by atoms with Gasteiger partial charge in [-0.3, -0.25) is 9.59 Å². The molecular formula is C22H23Cl2N5O2S. The summed E-state index contributed by atoms with van der Waals surface area (Å²) in [6.45, 7) is 6.31. The summed E-state index contributed by atoms with van der Waals surface area (Å²) in [5.74, 6) is 0.363. The molecule has 0 aliphatic rings. The standard InChI is InChI=1S/C22H23Cl2N5O2S/c1-4-29-20(14(3)25-21(31)18-8-6-5-7-13(18)2)27-28-22(29)32-12-19(30)26-17-10-15(23)9-16(24)11-17/h5-11,14H,4,12H2,1-3H3,(H,25,31)(H,26,30)/t14-/m1/s1. The van der Waals surface area contributed by atoms with Crippen molar-refractivity contribution in [3.63, 3.8) is 0 Å². The van der Waals surface area contributed by atoms with E-state index in [9.17, 15) is 9.59 Å². The Morgan fingerprint density at radius 1 is 1.12 bits per heavy atom. The maximum absolute atomic E-state index is 12.6. The fourth-order valence-electron chi connectivity index (χ4n) is 3.14. The molecule has 0 saturated carbocycles. The summed E-state index contributed by atoms with van der Waals surface area (Å²) in [6, 6.07) is 11.9. The summed E-state index contributed by atoms with van der Waals surface area (Å²) in [4.78, 5) is 25.0. The Morgan fingerprint density at radius 3 is 2.47 bits per heavy atom. The molecule has 10 heteroatoms. The van der Waals surface area contributed by atoms with Crippen LogP contribution in [0.1, 0.15) is 41.6 Å². The zero-order valence-electron chi connectivity index (χ0n) is 17.9. The maximum atomic E-state index is 12.6. The predicted molar refractivity (Wildman–Crippen MR) is 129 cm³/mol. The molecule has 1 atom stereocenters. The van der Waals surface area contributed by atoms with E-state index < -0.39 is 0 Å². The SMILES string of the molecule is CCn1c(SCC(=O)Nc2cc(Cl)cc(Cl)c2)nnc1[C@@H](C)NC(=O)c1ccccc1C. The van der Waals surface area contributed by atoms with Gasteiger partial charge in [0.25, 0.3) is 5.91 Å². The maximum Gasteiger partial charge on any atom is 0.252 e. The highest BCUT2D eigenvalue weighted by molar-refractivity contribution is 7.99. The molecule has 7 nitrogen and oxygen atoms in total. The van der Waals surface area contributed by atoms with Gasteiger partial charge in [-0.15, -0.1) is 10.2 Å². The van der Waals surface area contributed by atoms with Crippen molar-refractivity contribution in [2.24, 2.45) is 0 Å². The molecule has 1 aromatic heterocycles. The van der Waals surface area contributed by atoms with Gasteiger partial charge < -0.3 is 15.2 Å². The van der Waals surface area contributed by atoms with Crippen molar-refractivity contribution in [1.82, 2.24) is 20.1 Å². The Labute approximate surface area is 200 Å². The van der Waals surface area contributed by atoms with E-state index >= 15 is 0 Å². The van der Waals surface area contributed by atoms with E-state index in [4.69, 9.17) is 23.2 Å². The Balaban J connectivity index is 1.64. The number of carbonyl (C=O) groups is 2. The minimum atomic E-state index is -0.355. The summed E-state index contributed by atoms with van der Waals surface area (Å²) in [5.41, 5.74) is 2.05. The van der Waals surface area contributed by atoms with Gasteiger partial charge in [0.2, 0.25) is 5.91 Å². The van der Waals surface area contributed by atoms with Gasteiger partial charge in [-0.1, -0.05) is 53.2 Å². The van der Waals surface area contributed by atoms with Crippen molar-refractivity contribution in [3.8, 4) is 0 Å². The van der Waals surface area contributed by atoms with Crippen LogP contribution in [0.5, 0.6) is 0 Å². The molecule has 2 aromatic carbocycles. The number of rotatable bonds is 8. The first kappa shape index (κ1) is 24.1. The lowest BCUT2D eigenvalue weighted by atomic mass is 10.1. The Bertz CT molecular complexity index is 1120. The zero-order valence-corrected chi connectivity index (χ0v) is 20.2. The lowest BCUT2D eigenvalue weighted by Gasteiger charge is -2.16. The van der Waals surface area contributed by atoms with Crippen molar-refractivity contribution in [2.45, 2.75) is 38.5 Å². The van der Waals surface area contributed by atoms with E-state index in [1.165, 1.54) is 11.8 Å². The van der Waals surface area contributed by atoms with Gasteiger partial charge >= 0.3 is 0 Å². The molecule has 2 amide bonds. The van der Waals surface area contributed by atoms with E-state index in [-0.39, 0.29) is 23.6 Å². The molecule has 1 heterocycles. The molecule has 3 rings (SSSR count). The Hall–Kier alpha value is -2.55. The molecule has 32 heavy (non-hydrogen) atoms. The lowest BCUT2D eigenvalue weighted by molar-refractivity contribution is -0.113. The Kier molecular flexibility index (Phi) is 8.17. The third kappa shape index (κ3) is 6.03. The van der Waals surface area contributed by atoms with Crippen LogP contribution in [-0.2, 0) is 11.3 Å². The van der Waals surface area contributed by atoms with Crippen molar-refractivity contribution >= 4 is 52.5 Å². The first-order valence-corrected chi connectivity index (χ1v) is 11.7. The van der Waals surface area contributed by atoms with Crippen molar-refractivity contribution in [1.29, 1.82) is 0 Å². The molecule has 0 saturated heterocycles. The quantitative estimate of drug-likeness (QED) is 0.426. The van der Waals surface area contributed by atoms with Crippen LogP contribution in [0.4, 0.5) is 5.69 Å². The number of hydrogen-bond donors (Lipinski definition) is 2. The molecule has 0 aliphatic heterocycles. The second-order valence-electron chi connectivity index (χ2n) is 7.09. The molecule has 0 spiro atoms. The van der Waals surface area contributed by atoms with Crippen LogP contribution < -0.4 is 10.6 Å². The minimum absolute atomic E-state index is 0.131. The Morgan fingerprint density at radius 2 is 1.81 bits per heavy atom. The van der Waals surface area contributed by atoms with Crippen LogP contribution in [0.15, 0.2) is 47.6 Å². The van der Waals surface area contributed by atoms with Gasteiger partial charge in [-0.05, 0) is 50.6 Å². The topological polar surface area (TPSA) is 88.9 Å². The molecule has 0 fully saturated rings. The second kappa shape index (κ2) is 10.8. The van der Waals surface area contributed by atoms with E-state index in [1.54, 1.807) is 24.3 Å².